The van der Waals surface area contributed by atoms with Gasteiger partial charge in [-0.2, -0.15) is 0 Å². The highest BCUT2D eigenvalue weighted by atomic mass is 31.2. The van der Waals surface area contributed by atoms with E-state index in [4.69, 9.17) is 28.8 Å². The van der Waals surface area contributed by atoms with Gasteiger partial charge in [-0.25, -0.2) is 9.36 Å². The summed E-state index contributed by atoms with van der Waals surface area (Å²) in [4.78, 5) is 37.9. The van der Waals surface area contributed by atoms with Crippen molar-refractivity contribution >= 4 is 13.8 Å². The largest absolute Gasteiger partial charge is 0.475 e. The smallest absolute Gasteiger partial charge is 0.462 e. The van der Waals surface area contributed by atoms with Crippen molar-refractivity contribution < 1.29 is 32.4 Å². The number of hydrogen-bond acceptors (Lipinski definition) is 10. The molecule has 33 heavy (non-hydrogen) atoms. The number of carbonyl (C=O) groups excluding carboxylic acids is 1. The maximum Gasteiger partial charge on any atom is 0.475 e. The summed E-state index contributed by atoms with van der Waals surface area (Å²) in [7, 11) is -3.97. The average Bonchev–Trinajstić information content (AvgIpc) is 3.34. The molecule has 2 saturated heterocycles. The van der Waals surface area contributed by atoms with Gasteiger partial charge >= 0.3 is 19.5 Å². The van der Waals surface area contributed by atoms with Crippen molar-refractivity contribution in [2.24, 2.45) is 11.7 Å². The molecule has 1 aliphatic carbocycles. The van der Waals surface area contributed by atoms with Crippen LogP contribution in [0.3, 0.4) is 0 Å². The molecular formula is C20H30N3O9P. The zero-order valence-corrected chi connectivity index (χ0v) is 19.5. The maximum absolute atomic E-state index is 13.0. The Bertz CT molecular complexity index is 1030. The maximum atomic E-state index is 13.0. The molecule has 1 aromatic rings. The molecule has 3 heterocycles. The van der Waals surface area contributed by atoms with Crippen LogP contribution in [0, 0.1) is 5.92 Å². The van der Waals surface area contributed by atoms with Crippen molar-refractivity contribution in [1.29, 1.82) is 0 Å². The highest BCUT2D eigenvalue weighted by Crippen LogP contribution is 2.58. The van der Waals surface area contributed by atoms with Gasteiger partial charge in [0.05, 0.1) is 24.7 Å². The number of nitrogens with zero attached hydrogens (tertiary/aromatic N) is 1. The van der Waals surface area contributed by atoms with E-state index in [2.05, 4.69) is 4.98 Å². The topological polar surface area (TPSA) is 161 Å². The highest BCUT2D eigenvalue weighted by molar-refractivity contribution is 7.48. The second-order valence-corrected chi connectivity index (χ2v) is 10.7. The average molecular weight is 487 g/mol. The number of hydrogen-bond donors (Lipinski definition) is 2. The van der Waals surface area contributed by atoms with Crippen LogP contribution in [0.5, 0.6) is 0 Å². The fourth-order valence-electron chi connectivity index (χ4n) is 4.36. The van der Waals surface area contributed by atoms with E-state index in [-0.39, 0.29) is 31.7 Å². The van der Waals surface area contributed by atoms with E-state index in [0.29, 0.717) is 0 Å². The number of nitrogens with one attached hydrogen (secondary N) is 1. The Balaban J connectivity index is 1.35. The van der Waals surface area contributed by atoms with Gasteiger partial charge in [0.15, 0.2) is 6.23 Å². The Morgan fingerprint density at radius 3 is 2.82 bits per heavy atom. The molecule has 1 unspecified atom stereocenters. The van der Waals surface area contributed by atoms with Crippen LogP contribution in [0.25, 0.3) is 0 Å². The third-order valence-corrected chi connectivity index (χ3v) is 7.77. The molecule has 12 nitrogen and oxygen atoms in total. The third-order valence-electron chi connectivity index (χ3n) is 6.32. The van der Waals surface area contributed by atoms with Crippen molar-refractivity contribution in [3.63, 3.8) is 0 Å². The SMILES string of the molecule is CC(CCO[P@@]1(=O)OC[C@H]2O[C@@H](n3ccc(=O)[nH]c3=O)[C@](C)(N)[C@@H]2O1)C(=O)OC1CCCC1. The first-order valence-electron chi connectivity index (χ1n) is 11.1. The lowest BCUT2D eigenvalue weighted by Gasteiger charge is -2.35. The number of aromatic amines is 1. The van der Waals surface area contributed by atoms with Crippen molar-refractivity contribution in [2.75, 3.05) is 13.2 Å². The van der Waals surface area contributed by atoms with Gasteiger partial charge in [-0.1, -0.05) is 6.92 Å². The molecule has 6 atom stereocenters. The summed E-state index contributed by atoms with van der Waals surface area (Å²) < 4.78 is 41.9. The second kappa shape index (κ2) is 9.44. The van der Waals surface area contributed by atoms with Gasteiger partial charge in [-0.05, 0) is 39.0 Å². The Kier molecular flexibility index (Phi) is 6.95. The molecule has 1 saturated carbocycles. The van der Waals surface area contributed by atoms with Gasteiger partial charge in [-0.3, -0.25) is 32.7 Å². The molecule has 0 aromatic carbocycles. The van der Waals surface area contributed by atoms with Crippen LogP contribution < -0.4 is 17.0 Å². The molecule has 184 valence electrons. The van der Waals surface area contributed by atoms with Crippen molar-refractivity contribution in [1.82, 2.24) is 9.55 Å². The first-order valence-corrected chi connectivity index (χ1v) is 12.6. The van der Waals surface area contributed by atoms with Gasteiger partial charge < -0.3 is 15.2 Å². The molecule has 13 heteroatoms. The van der Waals surface area contributed by atoms with Crippen LogP contribution in [0.2, 0.25) is 0 Å². The van der Waals surface area contributed by atoms with Crippen LogP contribution >= 0.6 is 7.82 Å². The van der Waals surface area contributed by atoms with Gasteiger partial charge in [0, 0.05) is 12.3 Å². The quantitative estimate of drug-likeness (QED) is 0.422. The molecule has 0 amide bonds. The Hall–Kier alpha value is -1.82. The fourth-order valence-corrected chi connectivity index (χ4v) is 5.85. The molecular weight excluding hydrogens is 457 g/mol. The van der Waals surface area contributed by atoms with Gasteiger partial charge in [-0.15, -0.1) is 0 Å². The van der Waals surface area contributed by atoms with Crippen LogP contribution in [0.15, 0.2) is 21.9 Å². The molecule has 0 radical (unpaired) electrons. The predicted octanol–water partition coefficient (Wildman–Crippen LogP) is 1.20. The highest BCUT2D eigenvalue weighted by Gasteiger charge is 2.59. The van der Waals surface area contributed by atoms with E-state index in [1.165, 1.54) is 12.3 Å². The first-order chi connectivity index (χ1) is 15.6. The van der Waals surface area contributed by atoms with Gasteiger partial charge in [0.25, 0.3) is 5.56 Å². The van der Waals surface area contributed by atoms with Gasteiger partial charge in [0.2, 0.25) is 0 Å². The summed E-state index contributed by atoms with van der Waals surface area (Å²) in [5.74, 6) is -0.733. The van der Waals surface area contributed by atoms with E-state index < -0.39 is 49.0 Å². The lowest BCUT2D eigenvalue weighted by molar-refractivity contribution is -0.153. The Labute approximate surface area is 190 Å². The lowest BCUT2D eigenvalue weighted by Crippen LogP contribution is -2.55. The van der Waals surface area contributed by atoms with E-state index in [0.717, 1.165) is 30.3 Å². The number of nitrogens with two attached hydrogens (primary N) is 1. The number of carbonyl (C=O) groups is 1. The van der Waals surface area contributed by atoms with E-state index in [1.807, 2.05) is 0 Å². The van der Waals surface area contributed by atoms with E-state index in [9.17, 15) is 18.9 Å². The summed E-state index contributed by atoms with van der Waals surface area (Å²) in [5, 5.41) is 0. The van der Waals surface area contributed by atoms with Gasteiger partial charge in [0.1, 0.15) is 18.3 Å². The minimum Gasteiger partial charge on any atom is -0.462 e. The standard InChI is InChI=1S/C20H30N3O9P/c1-12(17(25)30-13-5-3-4-6-13)8-10-28-33(27)29-11-14-16(32-33)20(2,21)18(31-14)23-9-7-15(24)22-19(23)26/h7,9,12-14,16,18H,3-6,8,10-11,21H2,1-2H3,(H,22,24,26)/t12?,14-,16-,18-,20-,33+/m1/s1. The molecule has 3 N–H and O–H groups in total. The van der Waals surface area contributed by atoms with Crippen LogP contribution in [-0.2, 0) is 32.4 Å². The zero-order chi connectivity index (χ0) is 23.8. The predicted molar refractivity (Wildman–Crippen MR) is 114 cm³/mol. The summed E-state index contributed by atoms with van der Waals surface area (Å²) in [5.41, 5.74) is 3.91. The second-order valence-electron chi connectivity index (χ2n) is 9.05. The lowest BCUT2D eigenvalue weighted by atomic mass is 9.93. The number of H-pyrrole nitrogens is 1. The molecule has 0 bridgehead atoms. The van der Waals surface area contributed by atoms with Crippen molar-refractivity contribution in [3.8, 4) is 0 Å². The summed E-state index contributed by atoms with van der Waals surface area (Å²) in [6.07, 6.45) is 2.86. The summed E-state index contributed by atoms with van der Waals surface area (Å²) in [6.45, 7) is 3.16. The van der Waals surface area contributed by atoms with Crippen LogP contribution in [0.4, 0.5) is 0 Å². The normalized spacial score (nSPS) is 35.3. The number of ether oxygens (including phenoxy) is 2. The van der Waals surface area contributed by atoms with Crippen molar-refractivity contribution in [3.05, 3.63) is 33.1 Å². The van der Waals surface area contributed by atoms with Crippen LogP contribution in [-0.4, -0.2) is 52.6 Å². The van der Waals surface area contributed by atoms with Crippen LogP contribution in [0.1, 0.15) is 52.2 Å². The monoisotopic (exact) mass is 487 g/mol. The molecule has 3 fully saturated rings. The third kappa shape index (κ3) is 5.16. The number of phosphoric ester groups is 1. The number of aromatic nitrogens is 2. The molecule has 3 aliphatic rings. The molecule has 4 rings (SSSR count). The number of fused-ring (bicyclic) bond motifs is 1. The minimum atomic E-state index is -3.97. The molecule has 1 aromatic heterocycles. The number of esters is 1. The molecule has 0 spiro atoms. The number of phosphoric acid groups is 1. The Morgan fingerprint density at radius 2 is 2.12 bits per heavy atom. The van der Waals surface area contributed by atoms with E-state index >= 15 is 0 Å². The Morgan fingerprint density at radius 1 is 1.39 bits per heavy atom. The number of rotatable bonds is 7. The molecule has 2 aliphatic heterocycles. The van der Waals surface area contributed by atoms with Crippen molar-refractivity contribution in [2.45, 2.75) is 76.0 Å². The summed E-state index contributed by atoms with van der Waals surface area (Å²) in [6, 6.07) is 1.17. The van der Waals surface area contributed by atoms with E-state index in [1.54, 1.807) is 13.8 Å². The first kappa shape index (κ1) is 24.3. The minimum absolute atomic E-state index is 0.0198. The zero-order valence-electron chi connectivity index (χ0n) is 18.6. The fraction of sp³-hybridized carbons (Fsp3) is 0.750. The summed E-state index contributed by atoms with van der Waals surface area (Å²) >= 11 is 0.